The first kappa shape index (κ1) is 11.1. The highest BCUT2D eigenvalue weighted by molar-refractivity contribution is 7.45. The lowest BCUT2D eigenvalue weighted by Gasteiger charge is -2.19. The van der Waals surface area contributed by atoms with Crippen LogP contribution in [0.5, 0.6) is 0 Å². The van der Waals surface area contributed by atoms with Gasteiger partial charge in [-0.25, -0.2) is 0 Å². The molecule has 0 rings (SSSR count). The van der Waals surface area contributed by atoms with Gasteiger partial charge in [0.2, 0.25) is 0 Å². The summed E-state index contributed by atoms with van der Waals surface area (Å²) in [5, 5.41) is 0. The Bertz CT molecular complexity index is 137. The summed E-state index contributed by atoms with van der Waals surface area (Å²) in [6, 6.07) is 0. The Morgan fingerprint density at radius 3 is 2.55 bits per heavy atom. The first-order chi connectivity index (χ1) is 5.12. The van der Waals surface area contributed by atoms with E-state index >= 15 is 0 Å². The van der Waals surface area contributed by atoms with E-state index in [1.165, 1.54) is 0 Å². The molecule has 5 heteroatoms. The summed E-state index contributed by atoms with van der Waals surface area (Å²) in [7, 11) is -2.87. The highest BCUT2D eigenvalue weighted by Gasteiger charge is 2.04. The zero-order valence-corrected chi connectivity index (χ0v) is 7.80. The molecule has 11 heavy (non-hydrogen) atoms. The molecule has 0 heterocycles. The second kappa shape index (κ2) is 5.72. The number of rotatable bonds is 6. The van der Waals surface area contributed by atoms with Gasteiger partial charge in [-0.3, -0.25) is 4.57 Å². The smallest absolute Gasteiger partial charge is 0.267 e. The number of phosphoric acid groups is 1. The molecule has 0 amide bonds. The van der Waals surface area contributed by atoms with Gasteiger partial charge in [-0.2, -0.15) is 0 Å². The Morgan fingerprint density at radius 2 is 2.09 bits per heavy atom. The van der Waals surface area contributed by atoms with E-state index in [1.54, 1.807) is 0 Å². The van der Waals surface area contributed by atoms with Crippen LogP contribution in [-0.4, -0.2) is 13.7 Å². The molecule has 68 valence electrons. The van der Waals surface area contributed by atoms with Crippen molar-refractivity contribution in [1.82, 2.24) is 0 Å². The normalized spacial score (nSPS) is 16.3. The summed E-state index contributed by atoms with van der Waals surface area (Å²) in [5.41, 5.74) is 0. The van der Waals surface area contributed by atoms with Crippen LogP contribution >= 0.6 is 7.82 Å². The average molecular weight is 181 g/mol. The largest absolute Gasteiger partial charge is 0.756 e. The first-order valence-electron chi connectivity index (χ1n) is 3.63. The first-order valence-corrected chi connectivity index (χ1v) is 5.09. The van der Waals surface area contributed by atoms with Crippen LogP contribution in [0.1, 0.15) is 26.2 Å². The van der Waals surface area contributed by atoms with E-state index in [0.29, 0.717) is 0 Å². The summed E-state index contributed by atoms with van der Waals surface area (Å²) in [5.74, 6) is 0. The lowest BCUT2D eigenvalue weighted by atomic mass is 10.3. The van der Waals surface area contributed by atoms with E-state index in [9.17, 15) is 9.46 Å². The van der Waals surface area contributed by atoms with Crippen molar-refractivity contribution in [2.45, 2.75) is 26.2 Å². The molecule has 0 N–H and O–H groups in total. The molecule has 0 aliphatic heterocycles. The fraction of sp³-hybridized carbons (Fsp3) is 1.00. The summed E-state index contributed by atoms with van der Waals surface area (Å²) in [6.45, 7) is 2.26. The van der Waals surface area contributed by atoms with Crippen LogP contribution < -0.4 is 4.89 Å². The number of phosphoric ester groups is 1. The van der Waals surface area contributed by atoms with Crippen molar-refractivity contribution >= 4 is 7.82 Å². The molecule has 0 fully saturated rings. The third-order valence-electron chi connectivity index (χ3n) is 1.22. The van der Waals surface area contributed by atoms with Crippen molar-refractivity contribution < 1.29 is 18.5 Å². The molecule has 0 aliphatic carbocycles. The second-order valence-electron chi connectivity index (χ2n) is 2.17. The number of unbranched alkanes of at least 4 members (excludes halogenated alkanes) is 2. The Balaban J connectivity index is 3.31. The van der Waals surface area contributed by atoms with Gasteiger partial charge in [-0.1, -0.05) is 19.8 Å². The summed E-state index contributed by atoms with van der Waals surface area (Å²) < 4.78 is 19.1. The van der Waals surface area contributed by atoms with Gasteiger partial charge in [0.15, 0.2) is 0 Å². The van der Waals surface area contributed by atoms with Gasteiger partial charge in [-0.15, -0.1) is 0 Å². The Kier molecular flexibility index (Phi) is 5.78. The van der Waals surface area contributed by atoms with Gasteiger partial charge >= 0.3 is 0 Å². The predicted molar refractivity (Wildman–Crippen MR) is 40.1 cm³/mol. The molecule has 0 saturated heterocycles. The molecule has 1 atom stereocenters. The monoisotopic (exact) mass is 181 g/mol. The van der Waals surface area contributed by atoms with E-state index in [0.717, 1.165) is 26.4 Å². The zero-order valence-electron chi connectivity index (χ0n) is 6.91. The van der Waals surface area contributed by atoms with Crippen LogP contribution in [0.15, 0.2) is 0 Å². The molecule has 0 aromatic rings. The van der Waals surface area contributed by atoms with Crippen molar-refractivity contribution in [1.29, 1.82) is 0 Å². The van der Waals surface area contributed by atoms with Crippen molar-refractivity contribution in [3.63, 3.8) is 0 Å². The maximum Gasteiger partial charge on any atom is 0.267 e. The molecule has 1 unspecified atom stereocenters. The molecule has 0 radical (unpaired) electrons. The molecule has 0 spiro atoms. The van der Waals surface area contributed by atoms with E-state index < -0.39 is 7.82 Å². The molecule has 0 aromatic heterocycles. The van der Waals surface area contributed by atoms with Crippen LogP contribution in [0.4, 0.5) is 0 Å². The lowest BCUT2D eigenvalue weighted by molar-refractivity contribution is -0.223. The third kappa shape index (κ3) is 6.51. The Hall–Kier alpha value is 0.110. The van der Waals surface area contributed by atoms with E-state index in [1.807, 2.05) is 6.92 Å². The number of hydrogen-bond donors (Lipinski definition) is 0. The minimum atomic E-state index is -3.96. The van der Waals surface area contributed by atoms with Gasteiger partial charge in [-0.05, 0) is 6.42 Å². The summed E-state index contributed by atoms with van der Waals surface area (Å²) in [6.07, 6.45) is 2.77. The average Bonchev–Trinajstić information content (AvgIpc) is 1.99. The second-order valence-corrected chi connectivity index (χ2v) is 3.69. The Labute approximate surface area is 67.1 Å². The van der Waals surface area contributed by atoms with E-state index in [2.05, 4.69) is 9.05 Å². The van der Waals surface area contributed by atoms with Crippen molar-refractivity contribution in [3.8, 4) is 0 Å². The fourth-order valence-corrected chi connectivity index (χ4v) is 1.04. The van der Waals surface area contributed by atoms with Crippen molar-refractivity contribution in [2.24, 2.45) is 0 Å². The van der Waals surface area contributed by atoms with Gasteiger partial charge in [0, 0.05) is 7.11 Å². The molecule has 0 aliphatic rings. The quantitative estimate of drug-likeness (QED) is 0.457. The van der Waals surface area contributed by atoms with Crippen LogP contribution in [0.2, 0.25) is 0 Å². The molecular formula is C6H14O4P-. The minimum absolute atomic E-state index is 0.225. The van der Waals surface area contributed by atoms with Gasteiger partial charge in [0.05, 0.1) is 6.61 Å². The third-order valence-corrected chi connectivity index (χ3v) is 2.17. The summed E-state index contributed by atoms with van der Waals surface area (Å²) >= 11 is 0. The van der Waals surface area contributed by atoms with Gasteiger partial charge in [0.1, 0.15) is 0 Å². The SMILES string of the molecule is CCCCCOP(=O)([O-])OC. The van der Waals surface area contributed by atoms with Crippen molar-refractivity contribution in [3.05, 3.63) is 0 Å². The minimum Gasteiger partial charge on any atom is -0.756 e. The maximum absolute atomic E-state index is 10.5. The van der Waals surface area contributed by atoms with Gasteiger partial charge in [0.25, 0.3) is 7.82 Å². The number of hydrogen-bond acceptors (Lipinski definition) is 4. The van der Waals surface area contributed by atoms with E-state index in [4.69, 9.17) is 0 Å². The van der Waals surface area contributed by atoms with E-state index in [-0.39, 0.29) is 6.61 Å². The zero-order chi connectivity index (χ0) is 8.74. The van der Waals surface area contributed by atoms with Crippen LogP contribution in [0, 0.1) is 0 Å². The topological polar surface area (TPSA) is 58.6 Å². The van der Waals surface area contributed by atoms with Crippen LogP contribution in [0.25, 0.3) is 0 Å². The van der Waals surface area contributed by atoms with Crippen LogP contribution in [-0.2, 0) is 13.6 Å². The Morgan fingerprint density at radius 1 is 1.45 bits per heavy atom. The van der Waals surface area contributed by atoms with Crippen molar-refractivity contribution in [2.75, 3.05) is 13.7 Å². The molecule has 0 aromatic carbocycles. The lowest BCUT2D eigenvalue weighted by Crippen LogP contribution is -2.06. The summed E-state index contributed by atoms with van der Waals surface area (Å²) in [4.78, 5) is 10.5. The van der Waals surface area contributed by atoms with Crippen LogP contribution in [0.3, 0.4) is 0 Å². The standard InChI is InChI=1S/C6H15O4P/c1-3-4-5-6-10-11(7,8)9-2/h3-6H2,1-2H3,(H,7,8)/p-1. The highest BCUT2D eigenvalue weighted by Crippen LogP contribution is 2.36. The fourth-order valence-electron chi connectivity index (χ4n) is 0.581. The van der Waals surface area contributed by atoms with Gasteiger partial charge < -0.3 is 13.9 Å². The molecule has 0 saturated carbocycles. The maximum atomic E-state index is 10.5. The molecule has 4 nitrogen and oxygen atoms in total. The highest BCUT2D eigenvalue weighted by atomic mass is 31.2. The molecular weight excluding hydrogens is 167 g/mol. The molecule has 0 bridgehead atoms. The predicted octanol–water partition coefficient (Wildman–Crippen LogP) is 1.31.